The van der Waals surface area contributed by atoms with Crippen molar-refractivity contribution in [2.24, 2.45) is 5.41 Å². The van der Waals surface area contributed by atoms with Crippen LogP contribution in [-0.2, 0) is 10.2 Å². The van der Waals surface area contributed by atoms with Gasteiger partial charge in [0.25, 0.3) is 0 Å². The fourth-order valence-electron chi connectivity index (χ4n) is 3.79. The van der Waals surface area contributed by atoms with Crippen molar-refractivity contribution in [2.75, 3.05) is 26.8 Å². The zero-order valence-corrected chi connectivity index (χ0v) is 11.5. The smallest absolute Gasteiger partial charge is 0.0591 e. The van der Waals surface area contributed by atoms with E-state index in [0.29, 0.717) is 5.41 Å². The highest BCUT2D eigenvalue weighted by Gasteiger charge is 2.59. The maximum Gasteiger partial charge on any atom is 0.0591 e. The van der Waals surface area contributed by atoms with E-state index in [2.05, 4.69) is 43.6 Å². The molecule has 0 bridgehead atoms. The minimum atomic E-state index is 0.264. The van der Waals surface area contributed by atoms with E-state index in [4.69, 9.17) is 4.74 Å². The molecule has 98 valence electrons. The van der Waals surface area contributed by atoms with Crippen LogP contribution in [-0.4, -0.2) is 26.8 Å². The van der Waals surface area contributed by atoms with Crippen LogP contribution in [0.1, 0.15) is 30.4 Å². The molecule has 0 unspecified atom stereocenters. The molecule has 0 radical (unpaired) electrons. The summed E-state index contributed by atoms with van der Waals surface area (Å²) in [6.07, 6.45) is 4.05. The molecule has 1 heterocycles. The molecule has 2 fully saturated rings. The first kappa shape index (κ1) is 12.2. The minimum Gasteiger partial charge on any atom is -0.379 e. The normalized spacial score (nSPS) is 24.1. The van der Waals surface area contributed by atoms with Crippen molar-refractivity contribution < 1.29 is 4.74 Å². The lowest BCUT2D eigenvalue weighted by Crippen LogP contribution is -2.64. The van der Waals surface area contributed by atoms with Crippen LogP contribution in [0, 0.1) is 12.3 Å². The summed E-state index contributed by atoms with van der Waals surface area (Å²) < 4.78 is 5.63. The summed E-state index contributed by atoms with van der Waals surface area (Å²) in [4.78, 5) is 0. The zero-order chi connectivity index (χ0) is 12.6. The molecule has 1 aromatic rings. The SMILES string of the molecule is CNCC1(C2(c3cccc(C)c3)COC2)CCC1. The molecule has 1 aromatic carbocycles. The second-order valence-corrected chi connectivity index (χ2v) is 6.11. The van der Waals surface area contributed by atoms with Gasteiger partial charge in [0.2, 0.25) is 0 Å². The molecule has 1 saturated carbocycles. The van der Waals surface area contributed by atoms with Gasteiger partial charge in [0.05, 0.1) is 13.2 Å². The first-order valence-corrected chi connectivity index (χ1v) is 7.02. The van der Waals surface area contributed by atoms with E-state index in [1.807, 2.05) is 0 Å². The first-order chi connectivity index (χ1) is 8.72. The van der Waals surface area contributed by atoms with Crippen LogP contribution in [0.2, 0.25) is 0 Å². The Morgan fingerprint density at radius 2 is 2.06 bits per heavy atom. The minimum absolute atomic E-state index is 0.264. The van der Waals surface area contributed by atoms with Gasteiger partial charge in [-0.2, -0.15) is 0 Å². The van der Waals surface area contributed by atoms with Crippen molar-refractivity contribution in [2.45, 2.75) is 31.6 Å². The molecule has 0 amide bonds. The van der Waals surface area contributed by atoms with Gasteiger partial charge in [-0.25, -0.2) is 0 Å². The van der Waals surface area contributed by atoms with Crippen molar-refractivity contribution in [3.63, 3.8) is 0 Å². The van der Waals surface area contributed by atoms with Crippen molar-refractivity contribution >= 4 is 0 Å². The maximum absolute atomic E-state index is 5.63. The molecular formula is C16H23NO. The summed E-state index contributed by atoms with van der Waals surface area (Å²) >= 11 is 0. The van der Waals surface area contributed by atoms with E-state index in [0.717, 1.165) is 19.8 Å². The molecule has 0 atom stereocenters. The van der Waals surface area contributed by atoms with Crippen LogP contribution in [0.3, 0.4) is 0 Å². The molecule has 18 heavy (non-hydrogen) atoms. The lowest BCUT2D eigenvalue weighted by molar-refractivity contribution is -0.156. The lowest BCUT2D eigenvalue weighted by atomic mass is 9.49. The fraction of sp³-hybridized carbons (Fsp3) is 0.625. The highest BCUT2D eigenvalue weighted by molar-refractivity contribution is 5.36. The fourth-order valence-corrected chi connectivity index (χ4v) is 3.79. The third kappa shape index (κ3) is 1.55. The monoisotopic (exact) mass is 245 g/mol. The number of rotatable bonds is 4. The van der Waals surface area contributed by atoms with E-state index >= 15 is 0 Å². The Hall–Kier alpha value is -0.860. The van der Waals surface area contributed by atoms with E-state index in [9.17, 15) is 0 Å². The Morgan fingerprint density at radius 3 is 2.50 bits per heavy atom. The average molecular weight is 245 g/mol. The van der Waals surface area contributed by atoms with Crippen LogP contribution in [0.4, 0.5) is 0 Å². The maximum atomic E-state index is 5.63. The Kier molecular flexibility index (Phi) is 2.95. The van der Waals surface area contributed by atoms with E-state index in [-0.39, 0.29) is 5.41 Å². The second-order valence-electron chi connectivity index (χ2n) is 6.11. The molecular weight excluding hydrogens is 222 g/mol. The summed E-state index contributed by atoms with van der Waals surface area (Å²) in [5, 5.41) is 3.41. The van der Waals surface area contributed by atoms with Gasteiger partial charge in [-0.1, -0.05) is 36.2 Å². The Balaban J connectivity index is 1.99. The van der Waals surface area contributed by atoms with Gasteiger partial charge in [0.1, 0.15) is 0 Å². The van der Waals surface area contributed by atoms with Crippen molar-refractivity contribution in [3.8, 4) is 0 Å². The highest BCUT2D eigenvalue weighted by atomic mass is 16.5. The van der Waals surface area contributed by atoms with Crippen LogP contribution in [0.25, 0.3) is 0 Å². The van der Waals surface area contributed by atoms with Gasteiger partial charge in [-0.15, -0.1) is 0 Å². The van der Waals surface area contributed by atoms with Gasteiger partial charge in [-0.3, -0.25) is 0 Å². The number of aryl methyl sites for hydroxylation is 1. The molecule has 1 saturated heterocycles. The Bertz CT molecular complexity index is 432. The quantitative estimate of drug-likeness (QED) is 0.880. The number of hydrogen-bond acceptors (Lipinski definition) is 2. The van der Waals surface area contributed by atoms with Crippen LogP contribution in [0.15, 0.2) is 24.3 Å². The molecule has 2 nitrogen and oxygen atoms in total. The summed E-state index contributed by atoms with van der Waals surface area (Å²) in [5.74, 6) is 0. The number of benzene rings is 1. The molecule has 3 rings (SSSR count). The van der Waals surface area contributed by atoms with Crippen LogP contribution in [0.5, 0.6) is 0 Å². The molecule has 1 aliphatic carbocycles. The predicted molar refractivity (Wildman–Crippen MR) is 73.9 cm³/mol. The number of ether oxygens (including phenoxy) is 1. The standard InChI is InChI=1S/C16H23NO/c1-13-5-3-6-14(9-13)16(11-18-12-16)15(10-17-2)7-4-8-15/h3,5-6,9,17H,4,7-8,10-12H2,1-2H3. The lowest BCUT2D eigenvalue weighted by Gasteiger charge is -2.60. The molecule has 0 aromatic heterocycles. The molecule has 1 N–H and O–H groups in total. The highest BCUT2D eigenvalue weighted by Crippen LogP contribution is 2.58. The van der Waals surface area contributed by atoms with Crippen molar-refractivity contribution in [3.05, 3.63) is 35.4 Å². The van der Waals surface area contributed by atoms with E-state index < -0.39 is 0 Å². The van der Waals surface area contributed by atoms with Gasteiger partial charge in [0.15, 0.2) is 0 Å². The van der Waals surface area contributed by atoms with E-state index in [1.165, 1.54) is 30.4 Å². The van der Waals surface area contributed by atoms with Crippen LogP contribution >= 0.6 is 0 Å². The zero-order valence-electron chi connectivity index (χ0n) is 11.5. The molecule has 0 spiro atoms. The number of nitrogens with one attached hydrogen (secondary N) is 1. The second kappa shape index (κ2) is 4.36. The first-order valence-electron chi connectivity index (χ1n) is 7.02. The Morgan fingerprint density at radius 1 is 1.28 bits per heavy atom. The van der Waals surface area contributed by atoms with Crippen molar-refractivity contribution in [1.29, 1.82) is 0 Å². The van der Waals surface area contributed by atoms with Gasteiger partial charge >= 0.3 is 0 Å². The molecule has 1 aliphatic heterocycles. The topological polar surface area (TPSA) is 21.3 Å². The summed E-state index contributed by atoms with van der Waals surface area (Å²) in [6.45, 7) is 5.10. The Labute approximate surface area is 110 Å². The van der Waals surface area contributed by atoms with Crippen molar-refractivity contribution in [1.82, 2.24) is 5.32 Å². The predicted octanol–water partition coefficient (Wildman–Crippen LogP) is 2.65. The third-order valence-electron chi connectivity index (χ3n) is 5.11. The van der Waals surface area contributed by atoms with Gasteiger partial charge in [-0.05, 0) is 37.8 Å². The summed E-state index contributed by atoms with van der Waals surface area (Å²) in [5.41, 5.74) is 3.54. The largest absolute Gasteiger partial charge is 0.379 e. The molecule has 2 aliphatic rings. The van der Waals surface area contributed by atoms with Gasteiger partial charge < -0.3 is 10.1 Å². The van der Waals surface area contributed by atoms with Crippen LogP contribution < -0.4 is 5.32 Å². The summed E-state index contributed by atoms with van der Waals surface area (Å²) in [6, 6.07) is 9.03. The van der Waals surface area contributed by atoms with Gasteiger partial charge in [0, 0.05) is 12.0 Å². The number of hydrogen-bond donors (Lipinski definition) is 1. The third-order valence-corrected chi connectivity index (χ3v) is 5.11. The summed E-state index contributed by atoms with van der Waals surface area (Å²) in [7, 11) is 2.07. The van der Waals surface area contributed by atoms with E-state index in [1.54, 1.807) is 0 Å². The average Bonchev–Trinajstić information content (AvgIpc) is 2.24. The molecule has 2 heteroatoms.